The quantitative estimate of drug-likeness (QED) is 0.795. The molecule has 3 rings (SSSR count). The summed E-state index contributed by atoms with van der Waals surface area (Å²) in [6.07, 6.45) is 1.30. The van der Waals surface area contributed by atoms with Gasteiger partial charge in [-0.2, -0.15) is 5.26 Å². The Bertz CT molecular complexity index is 901. The van der Waals surface area contributed by atoms with Crippen LogP contribution in [0.2, 0.25) is 0 Å². The summed E-state index contributed by atoms with van der Waals surface area (Å²) in [5.74, 6) is -1.46. The van der Waals surface area contributed by atoms with Gasteiger partial charge in [0.15, 0.2) is 11.6 Å². The SMILES string of the molecule is CC(Nc1ncnc2cc(F)c(F)cc12)c1ccc(C#N)cc1. The lowest BCUT2D eigenvalue weighted by molar-refractivity contribution is 0.510. The highest BCUT2D eigenvalue weighted by molar-refractivity contribution is 5.89. The van der Waals surface area contributed by atoms with E-state index in [1.54, 1.807) is 12.1 Å². The van der Waals surface area contributed by atoms with Crippen LogP contribution in [0.25, 0.3) is 10.9 Å². The van der Waals surface area contributed by atoms with E-state index in [1.165, 1.54) is 6.33 Å². The van der Waals surface area contributed by atoms with Gasteiger partial charge in [-0.1, -0.05) is 12.1 Å². The van der Waals surface area contributed by atoms with Crippen LogP contribution in [0, 0.1) is 23.0 Å². The average Bonchev–Trinajstić information content (AvgIpc) is 2.56. The molecule has 0 spiro atoms. The Morgan fingerprint density at radius 1 is 1.09 bits per heavy atom. The molecule has 0 saturated heterocycles. The maximum atomic E-state index is 13.5. The van der Waals surface area contributed by atoms with E-state index in [-0.39, 0.29) is 6.04 Å². The number of hydrogen-bond acceptors (Lipinski definition) is 4. The lowest BCUT2D eigenvalue weighted by atomic mass is 10.1. The van der Waals surface area contributed by atoms with Gasteiger partial charge in [0.2, 0.25) is 0 Å². The first-order chi connectivity index (χ1) is 11.1. The van der Waals surface area contributed by atoms with Crippen molar-refractivity contribution in [2.75, 3.05) is 5.32 Å². The second-order valence-electron chi connectivity index (χ2n) is 5.11. The van der Waals surface area contributed by atoms with Crippen molar-refractivity contribution < 1.29 is 8.78 Å². The highest BCUT2D eigenvalue weighted by atomic mass is 19.2. The first kappa shape index (κ1) is 14.9. The molecule has 1 N–H and O–H groups in total. The summed E-state index contributed by atoms with van der Waals surface area (Å²) < 4.78 is 26.8. The third-order valence-electron chi connectivity index (χ3n) is 3.57. The van der Waals surface area contributed by atoms with Gasteiger partial charge in [0, 0.05) is 17.5 Å². The summed E-state index contributed by atoms with van der Waals surface area (Å²) in [6.45, 7) is 1.91. The van der Waals surface area contributed by atoms with Gasteiger partial charge < -0.3 is 5.32 Å². The molecule has 0 amide bonds. The summed E-state index contributed by atoms with van der Waals surface area (Å²) in [6, 6.07) is 11.2. The van der Waals surface area contributed by atoms with Crippen molar-refractivity contribution in [2.45, 2.75) is 13.0 Å². The summed E-state index contributed by atoms with van der Waals surface area (Å²) in [4.78, 5) is 8.07. The number of halogens is 2. The molecule has 0 saturated carbocycles. The van der Waals surface area contributed by atoms with Gasteiger partial charge in [0.05, 0.1) is 17.1 Å². The Kier molecular flexibility index (Phi) is 3.85. The first-order valence-corrected chi connectivity index (χ1v) is 6.95. The van der Waals surface area contributed by atoms with E-state index in [0.717, 1.165) is 17.7 Å². The number of hydrogen-bond donors (Lipinski definition) is 1. The van der Waals surface area contributed by atoms with Gasteiger partial charge in [0.1, 0.15) is 12.1 Å². The van der Waals surface area contributed by atoms with Crippen LogP contribution < -0.4 is 5.32 Å². The molecular formula is C17H12F2N4. The monoisotopic (exact) mass is 310 g/mol. The lowest BCUT2D eigenvalue weighted by Gasteiger charge is -2.16. The predicted molar refractivity (Wildman–Crippen MR) is 82.6 cm³/mol. The van der Waals surface area contributed by atoms with Crippen LogP contribution in [0.15, 0.2) is 42.7 Å². The second kappa shape index (κ2) is 5.97. The minimum Gasteiger partial charge on any atom is -0.363 e. The topological polar surface area (TPSA) is 61.6 Å². The zero-order valence-electron chi connectivity index (χ0n) is 12.2. The molecule has 3 aromatic rings. The third-order valence-corrected chi connectivity index (χ3v) is 3.57. The molecule has 6 heteroatoms. The standard InChI is InChI=1S/C17H12F2N4/c1-10(12-4-2-11(8-20)3-5-12)23-17-13-6-14(18)15(19)7-16(13)21-9-22-17/h2-7,9-10H,1H3,(H,21,22,23). The fraction of sp³-hybridized carbons (Fsp3) is 0.118. The number of aromatic nitrogens is 2. The van der Waals surface area contributed by atoms with E-state index in [4.69, 9.17) is 5.26 Å². The Balaban J connectivity index is 1.94. The Labute approximate surface area is 131 Å². The maximum absolute atomic E-state index is 13.5. The van der Waals surface area contributed by atoms with E-state index in [1.807, 2.05) is 19.1 Å². The van der Waals surface area contributed by atoms with E-state index in [9.17, 15) is 8.78 Å². The second-order valence-corrected chi connectivity index (χ2v) is 5.11. The van der Waals surface area contributed by atoms with Crippen LogP contribution in [0.5, 0.6) is 0 Å². The van der Waals surface area contributed by atoms with E-state index in [2.05, 4.69) is 21.4 Å². The van der Waals surface area contributed by atoms with Gasteiger partial charge in [-0.25, -0.2) is 18.7 Å². The van der Waals surface area contributed by atoms with Crippen LogP contribution >= 0.6 is 0 Å². The normalized spacial score (nSPS) is 11.9. The Morgan fingerprint density at radius 2 is 1.78 bits per heavy atom. The van der Waals surface area contributed by atoms with Gasteiger partial charge in [0.25, 0.3) is 0 Å². The molecule has 4 nitrogen and oxygen atoms in total. The molecular weight excluding hydrogens is 298 g/mol. The summed E-state index contributed by atoms with van der Waals surface area (Å²) in [5, 5.41) is 12.4. The smallest absolute Gasteiger partial charge is 0.161 e. The highest BCUT2D eigenvalue weighted by Crippen LogP contribution is 2.25. The lowest BCUT2D eigenvalue weighted by Crippen LogP contribution is -2.09. The maximum Gasteiger partial charge on any atom is 0.161 e. The molecule has 2 aromatic carbocycles. The number of nitrogens with zero attached hydrogens (tertiary/aromatic N) is 3. The van der Waals surface area contributed by atoms with Gasteiger partial charge in [-0.3, -0.25) is 0 Å². The van der Waals surface area contributed by atoms with Gasteiger partial charge >= 0.3 is 0 Å². The minimum atomic E-state index is -0.943. The molecule has 1 unspecified atom stereocenters. The molecule has 0 aliphatic heterocycles. The number of benzene rings is 2. The minimum absolute atomic E-state index is 0.131. The molecule has 1 aromatic heterocycles. The van der Waals surface area contributed by atoms with Crippen molar-refractivity contribution in [1.82, 2.24) is 9.97 Å². The molecule has 0 aliphatic rings. The number of anilines is 1. The molecule has 23 heavy (non-hydrogen) atoms. The van der Waals surface area contributed by atoms with Crippen LogP contribution in [-0.2, 0) is 0 Å². The van der Waals surface area contributed by atoms with Crippen LogP contribution in [0.3, 0.4) is 0 Å². The summed E-state index contributed by atoms with van der Waals surface area (Å²) in [5.41, 5.74) is 1.85. The number of nitrogens with one attached hydrogen (secondary N) is 1. The van der Waals surface area contributed by atoms with E-state index >= 15 is 0 Å². The van der Waals surface area contributed by atoms with Crippen LogP contribution in [-0.4, -0.2) is 9.97 Å². The van der Waals surface area contributed by atoms with Crippen LogP contribution in [0.4, 0.5) is 14.6 Å². The number of rotatable bonds is 3. The molecule has 0 aliphatic carbocycles. The van der Waals surface area contributed by atoms with Gasteiger partial charge in [-0.15, -0.1) is 0 Å². The molecule has 0 fully saturated rings. The fourth-order valence-corrected chi connectivity index (χ4v) is 2.30. The molecule has 0 bridgehead atoms. The van der Waals surface area contributed by atoms with Crippen molar-refractivity contribution in [2.24, 2.45) is 0 Å². The third kappa shape index (κ3) is 2.94. The van der Waals surface area contributed by atoms with Crippen molar-refractivity contribution in [3.05, 3.63) is 65.5 Å². The zero-order chi connectivity index (χ0) is 16.4. The molecule has 0 radical (unpaired) electrons. The summed E-state index contributed by atoms with van der Waals surface area (Å²) in [7, 11) is 0. The highest BCUT2D eigenvalue weighted by Gasteiger charge is 2.12. The van der Waals surface area contributed by atoms with Gasteiger partial charge in [-0.05, 0) is 30.7 Å². The summed E-state index contributed by atoms with van der Waals surface area (Å²) >= 11 is 0. The van der Waals surface area contributed by atoms with E-state index < -0.39 is 11.6 Å². The van der Waals surface area contributed by atoms with Crippen LogP contribution in [0.1, 0.15) is 24.1 Å². The molecule has 1 atom stereocenters. The van der Waals surface area contributed by atoms with Crippen molar-refractivity contribution in [1.29, 1.82) is 5.26 Å². The van der Waals surface area contributed by atoms with Crippen molar-refractivity contribution in [3.63, 3.8) is 0 Å². The molecule has 1 heterocycles. The first-order valence-electron chi connectivity index (χ1n) is 6.95. The number of nitriles is 1. The average molecular weight is 310 g/mol. The predicted octanol–water partition coefficient (Wildman–Crippen LogP) is 3.95. The molecule has 114 valence electrons. The Hall–Kier alpha value is -3.07. The zero-order valence-corrected chi connectivity index (χ0v) is 12.2. The largest absolute Gasteiger partial charge is 0.363 e. The van der Waals surface area contributed by atoms with Crippen molar-refractivity contribution in [3.8, 4) is 6.07 Å². The number of fused-ring (bicyclic) bond motifs is 1. The Morgan fingerprint density at radius 3 is 2.48 bits per heavy atom. The van der Waals surface area contributed by atoms with Crippen molar-refractivity contribution >= 4 is 16.7 Å². The fourth-order valence-electron chi connectivity index (χ4n) is 2.30. The van der Waals surface area contributed by atoms with E-state index in [0.29, 0.717) is 22.3 Å².